The van der Waals surface area contributed by atoms with Gasteiger partial charge in [0.25, 0.3) is 5.91 Å². The van der Waals surface area contributed by atoms with Crippen molar-refractivity contribution < 1.29 is 19.1 Å². The molecule has 1 aliphatic rings. The van der Waals surface area contributed by atoms with E-state index in [0.717, 1.165) is 0 Å². The molecule has 0 aliphatic heterocycles. The van der Waals surface area contributed by atoms with Crippen molar-refractivity contribution in [2.45, 2.75) is 39.8 Å². The molecule has 1 amide bonds. The Labute approximate surface area is 187 Å². The summed E-state index contributed by atoms with van der Waals surface area (Å²) < 4.78 is 10.9. The summed E-state index contributed by atoms with van der Waals surface area (Å²) >= 11 is 6.14. The third-order valence-corrected chi connectivity index (χ3v) is 6.28. The highest BCUT2D eigenvalue weighted by molar-refractivity contribution is 6.33. The van der Waals surface area contributed by atoms with Crippen LogP contribution in [-0.4, -0.2) is 31.1 Å². The molecule has 1 saturated carbocycles. The number of carbonyl (C=O) groups excluding carboxylic acids is 2. The van der Waals surface area contributed by atoms with Crippen molar-refractivity contribution in [3.05, 3.63) is 70.0 Å². The van der Waals surface area contributed by atoms with Crippen molar-refractivity contribution in [2.75, 3.05) is 7.11 Å². The fourth-order valence-electron chi connectivity index (χ4n) is 4.68. The highest BCUT2D eigenvalue weighted by Crippen LogP contribution is 2.55. The van der Waals surface area contributed by atoms with Crippen molar-refractivity contribution >= 4 is 29.2 Å². The molecule has 6 nitrogen and oxygen atoms in total. The van der Waals surface area contributed by atoms with Crippen LogP contribution in [0.4, 0.5) is 5.69 Å². The van der Waals surface area contributed by atoms with Gasteiger partial charge in [-0.3, -0.25) is 4.79 Å². The molecule has 0 saturated heterocycles. The second-order valence-electron chi connectivity index (χ2n) is 8.84. The Bertz CT molecular complexity index is 1040. The van der Waals surface area contributed by atoms with Gasteiger partial charge in [-0.1, -0.05) is 45.4 Å². The Hall–Kier alpha value is -3.04. The normalized spacial score (nSPS) is 20.7. The molecule has 0 spiro atoms. The van der Waals surface area contributed by atoms with E-state index in [1.807, 2.05) is 27.7 Å². The van der Waals surface area contributed by atoms with Crippen LogP contribution in [-0.2, 0) is 4.74 Å². The summed E-state index contributed by atoms with van der Waals surface area (Å²) in [5, 5.41) is 3.47. The van der Waals surface area contributed by atoms with Crippen molar-refractivity contribution in [1.82, 2.24) is 5.32 Å². The minimum absolute atomic E-state index is 0.143. The van der Waals surface area contributed by atoms with Crippen LogP contribution in [0.2, 0.25) is 5.02 Å². The van der Waals surface area contributed by atoms with E-state index in [1.165, 1.54) is 7.11 Å². The van der Waals surface area contributed by atoms with E-state index in [0.29, 0.717) is 27.6 Å². The van der Waals surface area contributed by atoms with Gasteiger partial charge in [0.15, 0.2) is 0 Å². The summed E-state index contributed by atoms with van der Waals surface area (Å²) in [7, 11) is 1.31. The van der Waals surface area contributed by atoms with Gasteiger partial charge in [0, 0.05) is 22.4 Å². The van der Waals surface area contributed by atoms with E-state index in [2.05, 4.69) is 14.9 Å². The van der Waals surface area contributed by atoms with Crippen LogP contribution < -0.4 is 10.1 Å². The number of esters is 1. The lowest BCUT2D eigenvalue weighted by molar-refractivity contribution is -0.164. The van der Waals surface area contributed by atoms with E-state index >= 15 is 0 Å². The zero-order valence-corrected chi connectivity index (χ0v) is 18.9. The first-order chi connectivity index (χ1) is 14.5. The maximum Gasteiger partial charge on any atom is 0.337 e. The highest BCUT2D eigenvalue weighted by Gasteiger charge is 2.64. The van der Waals surface area contributed by atoms with E-state index in [9.17, 15) is 9.59 Å². The summed E-state index contributed by atoms with van der Waals surface area (Å²) in [5.74, 6) is -0.0741. The molecule has 1 N–H and O–H groups in total. The molecule has 3 rings (SSSR count). The van der Waals surface area contributed by atoms with Crippen molar-refractivity contribution in [1.29, 1.82) is 0 Å². The van der Waals surface area contributed by atoms with Gasteiger partial charge in [-0.2, -0.15) is 0 Å². The highest BCUT2D eigenvalue weighted by atomic mass is 35.5. The van der Waals surface area contributed by atoms with Gasteiger partial charge >= 0.3 is 5.97 Å². The van der Waals surface area contributed by atoms with Gasteiger partial charge in [-0.05, 0) is 36.4 Å². The van der Waals surface area contributed by atoms with E-state index in [4.69, 9.17) is 22.9 Å². The molecular formula is C24H25ClN2O4. The zero-order valence-electron chi connectivity index (χ0n) is 18.2. The van der Waals surface area contributed by atoms with Crippen LogP contribution in [0, 0.1) is 17.4 Å². The Balaban J connectivity index is 1.73. The summed E-state index contributed by atoms with van der Waals surface area (Å²) in [6.07, 6.45) is -0.179. The molecule has 2 aromatic rings. The number of methoxy groups -OCH3 is 1. The second kappa shape index (κ2) is 8.24. The van der Waals surface area contributed by atoms with Crippen LogP contribution in [0.15, 0.2) is 42.5 Å². The van der Waals surface area contributed by atoms with Gasteiger partial charge in [0.05, 0.1) is 24.3 Å². The number of carbonyl (C=O) groups is 2. The molecular weight excluding hydrogens is 416 g/mol. The molecule has 162 valence electrons. The molecule has 0 heterocycles. The zero-order chi connectivity index (χ0) is 23.0. The number of hydrogen-bond acceptors (Lipinski definition) is 4. The SMILES string of the molecule is [C-]#[N+]c1ccc(OC2C(C)(C)C(NC(=O)c3ccc(C(=O)OC)cc3)C2(C)C)cc1Cl. The third-order valence-electron chi connectivity index (χ3n) is 5.98. The van der Waals surface area contributed by atoms with Crippen LogP contribution in [0.3, 0.4) is 0 Å². The van der Waals surface area contributed by atoms with Crippen molar-refractivity contribution in [3.63, 3.8) is 0 Å². The van der Waals surface area contributed by atoms with Gasteiger partial charge < -0.3 is 14.8 Å². The van der Waals surface area contributed by atoms with Crippen molar-refractivity contribution in [2.24, 2.45) is 10.8 Å². The quantitative estimate of drug-likeness (QED) is 0.506. The van der Waals surface area contributed by atoms with E-state index in [1.54, 1.807) is 42.5 Å². The Kier molecular flexibility index (Phi) is 6.02. The summed E-state index contributed by atoms with van der Waals surface area (Å²) in [6, 6.07) is 11.2. The monoisotopic (exact) mass is 440 g/mol. The number of nitrogens with zero attached hydrogens (tertiary/aromatic N) is 1. The lowest BCUT2D eigenvalue weighted by Crippen LogP contribution is -2.74. The number of nitrogens with one attached hydrogen (secondary N) is 1. The maximum atomic E-state index is 12.8. The van der Waals surface area contributed by atoms with Crippen molar-refractivity contribution in [3.8, 4) is 5.75 Å². The first-order valence-corrected chi connectivity index (χ1v) is 10.2. The van der Waals surface area contributed by atoms with Gasteiger partial charge in [0.1, 0.15) is 11.9 Å². The number of benzene rings is 2. The Morgan fingerprint density at radius 3 is 2.13 bits per heavy atom. The molecule has 1 aliphatic carbocycles. The number of hydrogen-bond donors (Lipinski definition) is 1. The molecule has 2 aromatic carbocycles. The third kappa shape index (κ3) is 4.11. The molecule has 0 unspecified atom stereocenters. The van der Waals surface area contributed by atoms with Crippen LogP contribution in [0.25, 0.3) is 4.85 Å². The van der Waals surface area contributed by atoms with E-state index < -0.39 is 5.97 Å². The molecule has 1 fully saturated rings. The number of ether oxygens (including phenoxy) is 2. The Morgan fingerprint density at radius 1 is 1.03 bits per heavy atom. The molecule has 0 aromatic heterocycles. The molecule has 0 bridgehead atoms. The summed E-state index contributed by atoms with van der Waals surface area (Å²) in [6.45, 7) is 15.3. The predicted octanol–water partition coefficient (Wildman–Crippen LogP) is 5.29. The smallest absolute Gasteiger partial charge is 0.337 e. The average molecular weight is 441 g/mol. The maximum absolute atomic E-state index is 12.8. The van der Waals surface area contributed by atoms with E-state index in [-0.39, 0.29) is 28.9 Å². The molecule has 0 radical (unpaired) electrons. The number of rotatable bonds is 5. The first kappa shape index (κ1) is 22.6. The summed E-state index contributed by atoms with van der Waals surface area (Å²) in [5.41, 5.74) is 0.529. The van der Waals surface area contributed by atoms with Gasteiger partial charge in [-0.25, -0.2) is 9.64 Å². The average Bonchev–Trinajstić information content (AvgIpc) is 2.74. The molecule has 31 heavy (non-hydrogen) atoms. The second-order valence-corrected chi connectivity index (χ2v) is 9.25. The fourth-order valence-corrected chi connectivity index (χ4v) is 4.89. The van der Waals surface area contributed by atoms with Gasteiger partial charge in [-0.15, -0.1) is 0 Å². The minimum Gasteiger partial charge on any atom is -0.489 e. The fraction of sp³-hybridized carbons (Fsp3) is 0.375. The lowest BCUT2D eigenvalue weighted by atomic mass is 9.49. The van der Waals surface area contributed by atoms with Gasteiger partial charge in [0.2, 0.25) is 5.69 Å². The van der Waals surface area contributed by atoms with Crippen LogP contribution in [0.5, 0.6) is 5.75 Å². The minimum atomic E-state index is -0.447. The number of amides is 1. The molecule has 7 heteroatoms. The Morgan fingerprint density at radius 2 is 1.61 bits per heavy atom. The van der Waals surface area contributed by atoms with Crippen LogP contribution in [0.1, 0.15) is 48.4 Å². The topological polar surface area (TPSA) is 69.0 Å². The predicted molar refractivity (Wildman–Crippen MR) is 119 cm³/mol. The standard InChI is InChI=1S/C24H25ClN2O4/c1-23(2)21(27-19(28)14-7-9-15(10-8-14)20(29)30-6)24(3,4)22(23)31-16-11-12-18(26-5)17(25)13-16/h7-13,21-22H,1-4,6H3,(H,27,28). The molecule has 0 atom stereocenters. The van der Waals surface area contributed by atoms with Crippen LogP contribution >= 0.6 is 11.6 Å². The lowest BCUT2D eigenvalue weighted by Gasteiger charge is -2.63. The summed E-state index contributed by atoms with van der Waals surface area (Å²) in [4.78, 5) is 27.8. The number of halogens is 1. The first-order valence-electron chi connectivity index (χ1n) is 9.85. The largest absolute Gasteiger partial charge is 0.489 e.